The van der Waals surface area contributed by atoms with E-state index >= 15 is 0 Å². The van der Waals surface area contributed by atoms with Gasteiger partial charge in [0.15, 0.2) is 0 Å². The Morgan fingerprint density at radius 3 is 2.50 bits per heavy atom. The molecule has 1 fully saturated rings. The molecule has 0 amide bonds. The highest BCUT2D eigenvalue weighted by molar-refractivity contribution is 6.35. The molecule has 4 rings (SSSR count). The molecule has 2 aromatic carbocycles. The van der Waals surface area contributed by atoms with Crippen LogP contribution in [0.3, 0.4) is 0 Å². The summed E-state index contributed by atoms with van der Waals surface area (Å²) >= 11 is 6.29. The first-order valence-electron chi connectivity index (χ1n) is 7.19. The topological polar surface area (TPSA) is 50.4 Å². The number of aromatic hydroxyl groups is 1. The first kappa shape index (κ1) is 13.4. The lowest BCUT2D eigenvalue weighted by Crippen LogP contribution is -2.04. The molecule has 0 atom stereocenters. The SMILES string of the molecule is O=c1oc(-c2ccc(O)cc2)cc2c(Cl)ccc(C3CC3)c12. The summed E-state index contributed by atoms with van der Waals surface area (Å²) in [5, 5.41) is 11.2. The van der Waals surface area contributed by atoms with Gasteiger partial charge in [0, 0.05) is 16.0 Å². The van der Waals surface area contributed by atoms with Gasteiger partial charge in [-0.2, -0.15) is 0 Å². The summed E-state index contributed by atoms with van der Waals surface area (Å²) in [5.41, 5.74) is 1.40. The van der Waals surface area contributed by atoms with Gasteiger partial charge in [0.2, 0.25) is 0 Å². The molecule has 0 bridgehead atoms. The van der Waals surface area contributed by atoms with E-state index in [-0.39, 0.29) is 11.4 Å². The van der Waals surface area contributed by atoms with Crippen molar-refractivity contribution in [3.8, 4) is 17.1 Å². The van der Waals surface area contributed by atoms with Crippen molar-refractivity contribution in [2.24, 2.45) is 0 Å². The Morgan fingerprint density at radius 2 is 1.82 bits per heavy atom. The Kier molecular flexibility index (Phi) is 2.98. The Labute approximate surface area is 131 Å². The van der Waals surface area contributed by atoms with Crippen LogP contribution in [0.4, 0.5) is 0 Å². The summed E-state index contributed by atoms with van der Waals surface area (Å²) in [4.78, 5) is 12.5. The van der Waals surface area contributed by atoms with E-state index in [9.17, 15) is 9.90 Å². The fourth-order valence-corrected chi connectivity index (χ4v) is 3.01. The molecule has 0 unspecified atom stereocenters. The van der Waals surface area contributed by atoms with Crippen LogP contribution in [0.1, 0.15) is 24.3 Å². The summed E-state index contributed by atoms with van der Waals surface area (Å²) < 4.78 is 5.49. The van der Waals surface area contributed by atoms with Gasteiger partial charge in [0.1, 0.15) is 11.5 Å². The molecule has 4 heteroatoms. The number of fused-ring (bicyclic) bond motifs is 1. The largest absolute Gasteiger partial charge is 0.508 e. The summed E-state index contributed by atoms with van der Waals surface area (Å²) in [6.45, 7) is 0. The zero-order chi connectivity index (χ0) is 15.3. The monoisotopic (exact) mass is 312 g/mol. The van der Waals surface area contributed by atoms with Gasteiger partial charge in [0.05, 0.1) is 5.39 Å². The first-order valence-corrected chi connectivity index (χ1v) is 7.57. The second kappa shape index (κ2) is 4.89. The smallest absolute Gasteiger partial charge is 0.344 e. The van der Waals surface area contributed by atoms with Gasteiger partial charge < -0.3 is 9.52 Å². The van der Waals surface area contributed by atoms with E-state index < -0.39 is 0 Å². The Balaban J connectivity index is 1.98. The molecular formula is C18H13ClO3. The predicted octanol–water partition coefficient (Wildman–Crippen LogP) is 4.70. The van der Waals surface area contributed by atoms with Crippen molar-refractivity contribution in [2.75, 3.05) is 0 Å². The molecule has 0 saturated heterocycles. The number of benzene rings is 2. The lowest BCUT2D eigenvalue weighted by Gasteiger charge is -2.08. The van der Waals surface area contributed by atoms with Crippen LogP contribution in [0, 0.1) is 0 Å². The fourth-order valence-electron chi connectivity index (χ4n) is 2.79. The Hall–Kier alpha value is -2.26. The van der Waals surface area contributed by atoms with E-state index in [2.05, 4.69) is 0 Å². The molecule has 3 nitrogen and oxygen atoms in total. The minimum Gasteiger partial charge on any atom is -0.508 e. The van der Waals surface area contributed by atoms with Crippen LogP contribution in [0.5, 0.6) is 5.75 Å². The van der Waals surface area contributed by atoms with Crippen molar-refractivity contribution in [1.82, 2.24) is 0 Å². The summed E-state index contributed by atoms with van der Waals surface area (Å²) in [6.07, 6.45) is 2.21. The van der Waals surface area contributed by atoms with Gasteiger partial charge >= 0.3 is 5.63 Å². The van der Waals surface area contributed by atoms with E-state index in [4.69, 9.17) is 16.0 Å². The number of phenolic OH excluding ortho intramolecular Hbond substituents is 1. The fraction of sp³-hybridized carbons (Fsp3) is 0.167. The highest BCUT2D eigenvalue weighted by Gasteiger charge is 2.27. The van der Waals surface area contributed by atoms with Crippen molar-refractivity contribution < 1.29 is 9.52 Å². The average molecular weight is 313 g/mol. The number of phenols is 1. The van der Waals surface area contributed by atoms with Crippen LogP contribution in [-0.2, 0) is 0 Å². The zero-order valence-electron chi connectivity index (χ0n) is 11.7. The van der Waals surface area contributed by atoms with Crippen LogP contribution in [0.15, 0.2) is 51.7 Å². The predicted molar refractivity (Wildman–Crippen MR) is 86.6 cm³/mol. The number of hydrogen-bond donors (Lipinski definition) is 1. The Bertz CT molecular complexity index is 921. The molecule has 0 radical (unpaired) electrons. The minimum atomic E-state index is -0.357. The highest BCUT2D eigenvalue weighted by atomic mass is 35.5. The molecule has 110 valence electrons. The summed E-state index contributed by atoms with van der Waals surface area (Å²) in [6, 6.07) is 12.1. The molecule has 3 aromatic rings. The van der Waals surface area contributed by atoms with Crippen LogP contribution in [-0.4, -0.2) is 5.11 Å². The van der Waals surface area contributed by atoms with Crippen molar-refractivity contribution in [3.63, 3.8) is 0 Å². The van der Waals surface area contributed by atoms with E-state index in [1.54, 1.807) is 30.3 Å². The minimum absolute atomic E-state index is 0.168. The molecular weight excluding hydrogens is 300 g/mol. The number of hydrogen-bond acceptors (Lipinski definition) is 3. The maximum atomic E-state index is 12.5. The molecule has 1 aliphatic rings. The zero-order valence-corrected chi connectivity index (χ0v) is 12.4. The van der Waals surface area contributed by atoms with E-state index in [1.165, 1.54) is 0 Å². The van der Waals surface area contributed by atoms with E-state index in [0.29, 0.717) is 22.1 Å². The average Bonchev–Trinajstić information content (AvgIpc) is 3.33. The lowest BCUT2D eigenvalue weighted by atomic mass is 10.0. The molecule has 1 heterocycles. The van der Waals surface area contributed by atoms with Crippen molar-refractivity contribution in [3.05, 3.63) is 63.5 Å². The third-order valence-electron chi connectivity index (χ3n) is 4.08. The summed E-state index contributed by atoms with van der Waals surface area (Å²) in [5.74, 6) is 1.07. The number of halogens is 1. The van der Waals surface area contributed by atoms with Gasteiger partial charge in [0.25, 0.3) is 0 Å². The lowest BCUT2D eigenvalue weighted by molar-refractivity contribution is 0.475. The standard InChI is InChI=1S/C18H13ClO3/c19-15-8-7-13(10-1-2-10)17-14(15)9-16(22-18(17)21)11-3-5-12(20)6-4-11/h3-10,20H,1-2H2. The molecule has 1 saturated carbocycles. The molecule has 22 heavy (non-hydrogen) atoms. The third kappa shape index (κ3) is 2.18. The van der Waals surface area contributed by atoms with E-state index in [1.807, 2.05) is 12.1 Å². The summed E-state index contributed by atoms with van der Waals surface area (Å²) in [7, 11) is 0. The molecule has 0 spiro atoms. The normalized spacial score (nSPS) is 14.4. The van der Waals surface area contributed by atoms with E-state index in [0.717, 1.165) is 29.4 Å². The van der Waals surface area contributed by atoms with Crippen molar-refractivity contribution in [2.45, 2.75) is 18.8 Å². The quantitative estimate of drug-likeness (QED) is 0.746. The van der Waals surface area contributed by atoms with Gasteiger partial charge in [-0.1, -0.05) is 17.7 Å². The second-order valence-electron chi connectivity index (χ2n) is 5.64. The van der Waals surface area contributed by atoms with Crippen molar-refractivity contribution in [1.29, 1.82) is 0 Å². The van der Waals surface area contributed by atoms with Crippen molar-refractivity contribution >= 4 is 22.4 Å². The molecule has 1 N–H and O–H groups in total. The van der Waals surface area contributed by atoms with Gasteiger partial charge in [-0.15, -0.1) is 0 Å². The third-order valence-corrected chi connectivity index (χ3v) is 4.41. The number of rotatable bonds is 2. The Morgan fingerprint density at radius 1 is 1.09 bits per heavy atom. The molecule has 0 aliphatic heterocycles. The maximum Gasteiger partial charge on any atom is 0.344 e. The maximum absolute atomic E-state index is 12.5. The highest BCUT2D eigenvalue weighted by Crippen LogP contribution is 2.43. The van der Waals surface area contributed by atoms with Gasteiger partial charge in [-0.25, -0.2) is 4.79 Å². The van der Waals surface area contributed by atoms with Gasteiger partial charge in [-0.05, 0) is 60.7 Å². The molecule has 1 aliphatic carbocycles. The van der Waals surface area contributed by atoms with Crippen LogP contribution in [0.2, 0.25) is 5.02 Å². The van der Waals surface area contributed by atoms with Gasteiger partial charge in [-0.3, -0.25) is 0 Å². The second-order valence-corrected chi connectivity index (χ2v) is 6.05. The molecule has 1 aromatic heterocycles. The van der Waals surface area contributed by atoms with Crippen LogP contribution in [0.25, 0.3) is 22.1 Å². The first-order chi connectivity index (χ1) is 10.6. The van der Waals surface area contributed by atoms with Crippen LogP contribution >= 0.6 is 11.6 Å². The van der Waals surface area contributed by atoms with Crippen LogP contribution < -0.4 is 5.63 Å².